The number of carbonyl (C=O) groups is 5. The second-order valence-corrected chi connectivity index (χ2v) is 10.5. The average molecular weight is 487 g/mol. The van der Waals surface area contributed by atoms with Gasteiger partial charge in [-0.3, -0.25) is 24.0 Å². The van der Waals surface area contributed by atoms with Gasteiger partial charge in [0.1, 0.15) is 24.7 Å². The molecule has 0 aromatic heterocycles. The van der Waals surface area contributed by atoms with Crippen LogP contribution in [0.5, 0.6) is 0 Å². The number of amides is 4. The molecule has 0 radical (unpaired) electrons. The summed E-state index contributed by atoms with van der Waals surface area (Å²) in [6.07, 6.45) is 3.50. The number of nitrogens with one attached hydrogen (secondary N) is 4. The van der Waals surface area contributed by atoms with Crippen LogP contribution >= 0.6 is 21.6 Å². The van der Waals surface area contributed by atoms with Crippen LogP contribution < -0.4 is 21.3 Å². The molecule has 0 spiro atoms. The van der Waals surface area contributed by atoms with Crippen molar-refractivity contribution >= 4 is 51.2 Å². The number of rotatable bonds is 2. The minimum atomic E-state index is -0.884. The highest BCUT2D eigenvalue weighted by atomic mass is 33.1. The van der Waals surface area contributed by atoms with Gasteiger partial charge in [-0.2, -0.15) is 0 Å². The highest BCUT2D eigenvalue weighted by molar-refractivity contribution is 8.76. The summed E-state index contributed by atoms with van der Waals surface area (Å²) in [5, 5.41) is 10.3. The molecule has 0 aromatic rings. The summed E-state index contributed by atoms with van der Waals surface area (Å²) >= 11 is 0. The van der Waals surface area contributed by atoms with E-state index in [1.54, 1.807) is 6.08 Å². The molecule has 12 heteroatoms. The third-order valence-electron chi connectivity index (χ3n) is 4.55. The van der Waals surface area contributed by atoms with Gasteiger partial charge in [0, 0.05) is 11.5 Å². The van der Waals surface area contributed by atoms with E-state index in [1.807, 2.05) is 19.9 Å². The molecule has 0 aliphatic carbocycles. The third kappa shape index (κ3) is 9.51. The van der Waals surface area contributed by atoms with Gasteiger partial charge in [-0.1, -0.05) is 41.5 Å². The fourth-order valence-electron chi connectivity index (χ4n) is 3.02. The maximum absolute atomic E-state index is 12.9. The van der Waals surface area contributed by atoms with Crippen molar-refractivity contribution in [2.45, 2.75) is 51.3 Å². The van der Waals surface area contributed by atoms with E-state index >= 15 is 0 Å². The Balaban J connectivity index is 2.33. The minimum absolute atomic E-state index is 0.0976. The Morgan fingerprint density at radius 1 is 1.00 bits per heavy atom. The van der Waals surface area contributed by atoms with Crippen LogP contribution in [0.15, 0.2) is 12.2 Å². The Kier molecular flexibility index (Phi) is 10.9. The second-order valence-electron chi connectivity index (χ2n) is 7.86. The Bertz CT molecular complexity index is 746. The fraction of sp³-hybridized carbons (Fsp3) is 0.650. The highest BCUT2D eigenvalue weighted by Crippen LogP contribution is 2.23. The van der Waals surface area contributed by atoms with Gasteiger partial charge in [-0.15, -0.1) is 0 Å². The van der Waals surface area contributed by atoms with Gasteiger partial charge in [0.05, 0.1) is 13.0 Å². The van der Waals surface area contributed by atoms with Crippen LogP contribution in [0.25, 0.3) is 0 Å². The summed E-state index contributed by atoms with van der Waals surface area (Å²) < 4.78 is 5.35. The number of fused-ring (bicyclic) bond motifs is 7. The van der Waals surface area contributed by atoms with Gasteiger partial charge in [0.15, 0.2) is 0 Å². The highest BCUT2D eigenvalue weighted by Gasteiger charge is 2.28. The Hall–Kier alpha value is -2.21. The summed E-state index contributed by atoms with van der Waals surface area (Å²) in [5.74, 6) is -1.61. The first-order chi connectivity index (χ1) is 15.2. The fourth-order valence-corrected chi connectivity index (χ4v) is 5.17. The van der Waals surface area contributed by atoms with E-state index in [-0.39, 0.29) is 25.4 Å². The molecule has 0 saturated carbocycles. The smallest absolute Gasteiger partial charge is 0.326 e. The SMILES string of the molecule is CC(C)C[C@@H]1NC(=O)[C@H]2CSSCC/C=C/[C@H](CC(=O)NCC(=O)N2)OC(=O)CNC1=O. The lowest BCUT2D eigenvalue weighted by Crippen LogP contribution is -2.56. The first-order valence-electron chi connectivity index (χ1n) is 10.5. The van der Waals surface area contributed by atoms with Crippen molar-refractivity contribution in [3.8, 4) is 0 Å². The first-order valence-corrected chi connectivity index (χ1v) is 13.0. The molecule has 10 nitrogen and oxygen atoms in total. The molecule has 2 aliphatic rings. The minimum Gasteiger partial charge on any atom is -0.456 e. The van der Waals surface area contributed by atoms with Crippen molar-refractivity contribution < 1.29 is 28.7 Å². The lowest BCUT2D eigenvalue weighted by Gasteiger charge is -2.24. The second kappa shape index (κ2) is 13.4. The molecule has 4 N–H and O–H groups in total. The lowest BCUT2D eigenvalue weighted by molar-refractivity contribution is -0.148. The van der Waals surface area contributed by atoms with E-state index < -0.39 is 47.8 Å². The predicted molar refractivity (Wildman–Crippen MR) is 123 cm³/mol. The van der Waals surface area contributed by atoms with Crippen LogP contribution in [-0.4, -0.2) is 72.4 Å². The van der Waals surface area contributed by atoms with Crippen LogP contribution in [0.4, 0.5) is 0 Å². The molecule has 2 aliphatic heterocycles. The number of esters is 1. The van der Waals surface area contributed by atoms with E-state index in [4.69, 9.17) is 4.74 Å². The summed E-state index contributed by atoms with van der Waals surface area (Å²) in [5.41, 5.74) is 0. The van der Waals surface area contributed by atoms with Crippen molar-refractivity contribution in [1.29, 1.82) is 0 Å². The van der Waals surface area contributed by atoms with E-state index in [9.17, 15) is 24.0 Å². The quantitative estimate of drug-likeness (QED) is 0.241. The molecule has 0 aromatic carbocycles. The van der Waals surface area contributed by atoms with Gasteiger partial charge in [-0.25, -0.2) is 0 Å². The maximum Gasteiger partial charge on any atom is 0.326 e. The zero-order valence-electron chi connectivity index (χ0n) is 18.2. The molecule has 0 unspecified atom stereocenters. The number of hydrogen-bond acceptors (Lipinski definition) is 8. The number of hydrogen-bond donors (Lipinski definition) is 4. The normalized spacial score (nSPS) is 28.0. The van der Waals surface area contributed by atoms with Gasteiger partial charge in [0.2, 0.25) is 23.6 Å². The van der Waals surface area contributed by atoms with Crippen LogP contribution in [0, 0.1) is 5.92 Å². The molecule has 32 heavy (non-hydrogen) atoms. The van der Waals surface area contributed by atoms with Crippen molar-refractivity contribution in [1.82, 2.24) is 21.3 Å². The standard InChI is InChI=1S/C20H30N4O6S2/c1-12(2)7-14-19(28)22-10-18(27)30-13-5-3-4-6-31-32-11-15(20(29)24-14)23-17(26)9-21-16(25)8-13/h3,5,12-15H,4,6-11H2,1-2H3,(H,21,25)(H,22,28)(H,23,26)(H,24,29)/b5-3+/t13-,14+,15-/m1/s1. The van der Waals surface area contributed by atoms with Crippen LogP contribution in [0.1, 0.15) is 33.1 Å². The predicted octanol–water partition coefficient (Wildman–Crippen LogP) is -0.109. The summed E-state index contributed by atoms with van der Waals surface area (Å²) in [4.78, 5) is 62.5. The molecule has 3 atom stereocenters. The van der Waals surface area contributed by atoms with E-state index in [1.165, 1.54) is 21.6 Å². The molecule has 1 fully saturated rings. The molecular weight excluding hydrogens is 456 g/mol. The topological polar surface area (TPSA) is 143 Å². The van der Waals surface area contributed by atoms with Crippen molar-refractivity contribution in [3.63, 3.8) is 0 Å². The van der Waals surface area contributed by atoms with E-state index in [2.05, 4.69) is 21.3 Å². The van der Waals surface area contributed by atoms with Crippen molar-refractivity contribution in [3.05, 3.63) is 12.2 Å². The van der Waals surface area contributed by atoms with Gasteiger partial charge < -0.3 is 26.0 Å². The zero-order chi connectivity index (χ0) is 23.5. The van der Waals surface area contributed by atoms with Gasteiger partial charge in [-0.05, 0) is 24.8 Å². The molecule has 2 heterocycles. The van der Waals surface area contributed by atoms with E-state index in [0.717, 1.165) is 5.75 Å². The zero-order valence-corrected chi connectivity index (χ0v) is 19.8. The summed E-state index contributed by atoms with van der Waals surface area (Å²) in [6.45, 7) is 3.11. The molecule has 178 valence electrons. The van der Waals surface area contributed by atoms with Crippen molar-refractivity contribution in [2.24, 2.45) is 5.92 Å². The van der Waals surface area contributed by atoms with Crippen LogP contribution in [0.3, 0.4) is 0 Å². The molecule has 2 rings (SSSR count). The van der Waals surface area contributed by atoms with Gasteiger partial charge >= 0.3 is 5.97 Å². The van der Waals surface area contributed by atoms with Crippen LogP contribution in [-0.2, 0) is 28.7 Å². The lowest BCUT2D eigenvalue weighted by atomic mass is 10.0. The Morgan fingerprint density at radius 3 is 2.53 bits per heavy atom. The molecule has 1 saturated heterocycles. The van der Waals surface area contributed by atoms with E-state index in [0.29, 0.717) is 18.6 Å². The van der Waals surface area contributed by atoms with Crippen LogP contribution in [0.2, 0.25) is 0 Å². The summed E-state index contributed by atoms with van der Waals surface area (Å²) in [7, 11) is 2.97. The van der Waals surface area contributed by atoms with Gasteiger partial charge in [0.25, 0.3) is 0 Å². The largest absolute Gasteiger partial charge is 0.456 e. The monoisotopic (exact) mass is 486 g/mol. The Labute approximate surface area is 195 Å². The van der Waals surface area contributed by atoms with Crippen molar-refractivity contribution in [2.75, 3.05) is 24.6 Å². The summed E-state index contributed by atoms with van der Waals surface area (Å²) in [6, 6.07) is -1.75. The Morgan fingerprint density at radius 2 is 1.78 bits per heavy atom. The average Bonchev–Trinajstić information content (AvgIpc) is 2.72. The first kappa shape index (κ1) is 26.0. The molecule has 2 bridgehead atoms. The third-order valence-corrected chi connectivity index (χ3v) is 7.00. The molecular formula is C20H30N4O6S2. The number of allylic oxidation sites excluding steroid dienone is 1. The number of carbonyl (C=O) groups excluding carboxylic acids is 5. The maximum atomic E-state index is 12.9. The molecule has 4 amide bonds. The number of ether oxygens (including phenoxy) is 1.